The molecule has 4 rings (SSSR count). The highest BCUT2D eigenvalue weighted by Gasteiger charge is 2.32. The Kier molecular flexibility index (Phi) is 6.73. The van der Waals surface area contributed by atoms with Crippen LogP contribution in [0.25, 0.3) is 0 Å². The highest BCUT2D eigenvalue weighted by atomic mass is 32.1. The van der Waals surface area contributed by atoms with Crippen LogP contribution in [0.1, 0.15) is 39.2 Å². The summed E-state index contributed by atoms with van der Waals surface area (Å²) < 4.78 is 38.8. The summed E-state index contributed by atoms with van der Waals surface area (Å²) in [5.74, 6) is -0.678. The largest absolute Gasteiger partial charge is 0.416 e. The maximum absolute atomic E-state index is 12.9. The summed E-state index contributed by atoms with van der Waals surface area (Å²) in [6.45, 7) is 2.31. The maximum atomic E-state index is 12.9. The zero-order valence-corrected chi connectivity index (χ0v) is 18.8. The number of carbonyl (C=O) groups excluding carboxylic acids is 3. The topological polar surface area (TPSA) is 60.9 Å². The number of halogens is 3. The minimum atomic E-state index is -4.51. The molecule has 6 nitrogen and oxygen atoms in total. The second kappa shape index (κ2) is 9.54. The van der Waals surface area contributed by atoms with Gasteiger partial charge in [0.2, 0.25) is 11.8 Å². The third-order valence-corrected chi connectivity index (χ3v) is 7.09. The molecule has 2 aliphatic rings. The zero-order valence-electron chi connectivity index (χ0n) is 17.9. The van der Waals surface area contributed by atoms with Crippen LogP contribution in [0.2, 0.25) is 0 Å². The number of piperazine rings is 1. The van der Waals surface area contributed by atoms with Crippen LogP contribution in [-0.4, -0.2) is 65.1 Å². The van der Waals surface area contributed by atoms with Crippen molar-refractivity contribution in [3.63, 3.8) is 0 Å². The fraction of sp³-hybridized carbons (Fsp3) is 0.435. The Bertz CT molecular complexity index is 1040. The molecule has 1 aromatic carbocycles. The van der Waals surface area contributed by atoms with Gasteiger partial charge in [0.1, 0.15) is 0 Å². The lowest BCUT2D eigenvalue weighted by Gasteiger charge is -2.35. The van der Waals surface area contributed by atoms with Gasteiger partial charge in [-0.3, -0.25) is 14.4 Å². The van der Waals surface area contributed by atoms with Gasteiger partial charge in [0.15, 0.2) is 0 Å². The van der Waals surface area contributed by atoms with E-state index in [9.17, 15) is 27.6 Å². The predicted octanol–water partition coefficient (Wildman–Crippen LogP) is 3.42. The van der Waals surface area contributed by atoms with Gasteiger partial charge < -0.3 is 14.7 Å². The molecule has 1 saturated heterocycles. The van der Waals surface area contributed by atoms with Crippen LogP contribution in [0.15, 0.2) is 35.7 Å². The highest BCUT2D eigenvalue weighted by molar-refractivity contribution is 7.10. The van der Waals surface area contributed by atoms with E-state index in [-0.39, 0.29) is 43.3 Å². The van der Waals surface area contributed by atoms with Gasteiger partial charge >= 0.3 is 6.18 Å². The molecular weight excluding hydrogens is 455 g/mol. The normalized spacial score (nSPS) is 16.5. The van der Waals surface area contributed by atoms with E-state index in [4.69, 9.17) is 0 Å². The molecule has 176 valence electrons. The Hall–Kier alpha value is -2.88. The van der Waals surface area contributed by atoms with Crippen LogP contribution >= 0.6 is 11.3 Å². The lowest BCUT2D eigenvalue weighted by atomic mass is 10.1. The number of nitrogens with zero attached hydrogens (tertiary/aromatic N) is 3. The second-order valence-electron chi connectivity index (χ2n) is 8.19. The number of alkyl halides is 3. The predicted molar refractivity (Wildman–Crippen MR) is 117 cm³/mol. The molecule has 0 aliphatic carbocycles. The monoisotopic (exact) mass is 479 g/mol. The molecule has 1 fully saturated rings. The van der Waals surface area contributed by atoms with Crippen LogP contribution < -0.4 is 0 Å². The van der Waals surface area contributed by atoms with Crippen LogP contribution in [0, 0.1) is 0 Å². The summed E-state index contributed by atoms with van der Waals surface area (Å²) in [5.41, 5.74) is 0.286. The van der Waals surface area contributed by atoms with Crippen molar-refractivity contribution in [1.82, 2.24) is 14.7 Å². The molecule has 1 aromatic heterocycles. The molecular formula is C23H24F3N3O3S. The third kappa shape index (κ3) is 5.38. The Morgan fingerprint density at radius 3 is 2.24 bits per heavy atom. The molecule has 33 heavy (non-hydrogen) atoms. The fourth-order valence-electron chi connectivity index (χ4n) is 4.16. The van der Waals surface area contributed by atoms with Crippen molar-refractivity contribution in [2.75, 3.05) is 32.7 Å². The van der Waals surface area contributed by atoms with E-state index >= 15 is 0 Å². The average Bonchev–Trinajstić information content (AvgIpc) is 3.29. The smallest absolute Gasteiger partial charge is 0.339 e. The number of hydrogen-bond acceptors (Lipinski definition) is 4. The molecule has 0 N–H and O–H groups in total. The standard InChI is InChI=1S/C23H24F3N3O3S/c24-23(25,26)18-3-1-2-16(14-18)22(32)28-11-9-27(10-12-28)20(30)4-5-21(31)29-8-6-19-17(15-29)7-13-33-19/h1-3,7,13-14H,4-6,8-12,15H2. The number of amides is 3. The highest BCUT2D eigenvalue weighted by Crippen LogP contribution is 2.30. The lowest BCUT2D eigenvalue weighted by molar-refractivity contribution is -0.138. The molecule has 10 heteroatoms. The summed E-state index contributed by atoms with van der Waals surface area (Å²) in [6.07, 6.45) is -3.43. The zero-order chi connectivity index (χ0) is 23.6. The van der Waals surface area contributed by atoms with Gasteiger partial charge in [-0.15, -0.1) is 11.3 Å². The van der Waals surface area contributed by atoms with Gasteiger partial charge in [0.25, 0.3) is 5.91 Å². The van der Waals surface area contributed by atoms with Gasteiger partial charge in [0, 0.05) is 62.6 Å². The molecule has 3 heterocycles. The van der Waals surface area contributed by atoms with E-state index in [1.165, 1.54) is 27.5 Å². The van der Waals surface area contributed by atoms with Gasteiger partial charge in [-0.05, 0) is 41.6 Å². The van der Waals surface area contributed by atoms with Crippen LogP contribution in [0.4, 0.5) is 13.2 Å². The Labute approximate surface area is 193 Å². The maximum Gasteiger partial charge on any atom is 0.416 e. The second-order valence-corrected chi connectivity index (χ2v) is 9.19. The number of hydrogen-bond donors (Lipinski definition) is 0. The lowest BCUT2D eigenvalue weighted by Crippen LogP contribution is -2.50. The van der Waals surface area contributed by atoms with Crippen molar-refractivity contribution in [3.8, 4) is 0 Å². The summed E-state index contributed by atoms with van der Waals surface area (Å²) in [5, 5.41) is 2.03. The van der Waals surface area contributed by atoms with Crippen LogP contribution in [0.5, 0.6) is 0 Å². The van der Waals surface area contributed by atoms with E-state index < -0.39 is 17.6 Å². The SMILES string of the molecule is O=C(CCC(=O)N1CCc2sccc2C1)N1CCN(C(=O)c2cccc(C(F)(F)F)c2)CC1. The number of rotatable bonds is 4. The van der Waals surface area contributed by atoms with E-state index in [1.807, 2.05) is 11.4 Å². The first kappa shape index (κ1) is 23.3. The quantitative estimate of drug-likeness (QED) is 0.675. The Morgan fingerprint density at radius 1 is 0.879 bits per heavy atom. The molecule has 0 saturated carbocycles. The Balaban J connectivity index is 1.24. The van der Waals surface area contributed by atoms with E-state index in [0.717, 1.165) is 18.6 Å². The third-order valence-electron chi connectivity index (χ3n) is 6.07. The molecule has 0 spiro atoms. The number of thiophene rings is 1. The van der Waals surface area contributed by atoms with Crippen molar-refractivity contribution in [2.24, 2.45) is 0 Å². The number of benzene rings is 1. The molecule has 0 unspecified atom stereocenters. The first-order valence-corrected chi connectivity index (χ1v) is 11.7. The number of fused-ring (bicyclic) bond motifs is 1. The minimum absolute atomic E-state index is 0.0227. The van der Waals surface area contributed by atoms with Crippen molar-refractivity contribution in [2.45, 2.75) is 32.0 Å². The fourth-order valence-corrected chi connectivity index (χ4v) is 5.05. The van der Waals surface area contributed by atoms with Crippen LogP contribution in [0.3, 0.4) is 0 Å². The first-order chi connectivity index (χ1) is 15.7. The Morgan fingerprint density at radius 2 is 1.55 bits per heavy atom. The molecule has 3 amide bonds. The molecule has 2 aliphatic heterocycles. The minimum Gasteiger partial charge on any atom is -0.339 e. The average molecular weight is 480 g/mol. The molecule has 0 bridgehead atoms. The summed E-state index contributed by atoms with van der Waals surface area (Å²) >= 11 is 1.70. The van der Waals surface area contributed by atoms with Crippen molar-refractivity contribution in [3.05, 3.63) is 57.3 Å². The van der Waals surface area contributed by atoms with E-state index in [0.29, 0.717) is 26.2 Å². The van der Waals surface area contributed by atoms with E-state index in [2.05, 4.69) is 0 Å². The van der Waals surface area contributed by atoms with Gasteiger partial charge in [-0.1, -0.05) is 6.07 Å². The van der Waals surface area contributed by atoms with Crippen molar-refractivity contribution >= 4 is 29.1 Å². The summed E-state index contributed by atoms with van der Waals surface area (Å²) in [6, 6.07) is 6.39. The summed E-state index contributed by atoms with van der Waals surface area (Å²) in [7, 11) is 0. The van der Waals surface area contributed by atoms with Crippen LogP contribution in [-0.2, 0) is 28.7 Å². The van der Waals surface area contributed by atoms with E-state index in [1.54, 1.807) is 21.1 Å². The summed E-state index contributed by atoms with van der Waals surface area (Å²) in [4.78, 5) is 43.9. The molecule has 0 radical (unpaired) electrons. The van der Waals surface area contributed by atoms with Gasteiger partial charge in [0.05, 0.1) is 5.56 Å². The molecule has 2 aromatic rings. The van der Waals surface area contributed by atoms with Gasteiger partial charge in [-0.2, -0.15) is 13.2 Å². The first-order valence-electron chi connectivity index (χ1n) is 10.8. The molecule has 0 atom stereocenters. The van der Waals surface area contributed by atoms with Gasteiger partial charge in [-0.25, -0.2) is 0 Å². The van der Waals surface area contributed by atoms with Crippen molar-refractivity contribution in [1.29, 1.82) is 0 Å². The van der Waals surface area contributed by atoms with Crippen molar-refractivity contribution < 1.29 is 27.6 Å². The number of carbonyl (C=O) groups is 3.